The van der Waals surface area contributed by atoms with Crippen LogP contribution in [0, 0.1) is 0 Å². The topological polar surface area (TPSA) is 13.0 Å². The van der Waals surface area contributed by atoms with E-state index in [1.54, 1.807) is 0 Å². The van der Waals surface area contributed by atoms with E-state index in [9.17, 15) is 0 Å². The molecule has 0 aromatic heterocycles. The minimum atomic E-state index is -0.204. The molecule has 0 saturated carbocycles. The maximum Gasteiger partial charge on any atom is 0.179 e. The first kappa shape index (κ1) is 26.7. The molecule has 170 valence electrons. The highest BCUT2D eigenvalue weighted by atomic mass is 32.1. The van der Waals surface area contributed by atoms with Gasteiger partial charge in [-0.15, -0.1) is 0 Å². The smallest absolute Gasteiger partial charge is 0.179 e. The molecule has 0 amide bonds. The monoisotopic (exact) mass is 442 g/mol. The van der Waals surface area contributed by atoms with Gasteiger partial charge >= 0.3 is 0 Å². The summed E-state index contributed by atoms with van der Waals surface area (Å²) in [4.78, 5) is 10.7. The van der Waals surface area contributed by atoms with Crippen molar-refractivity contribution in [2.24, 2.45) is 0 Å². The zero-order chi connectivity index (χ0) is 21.9. The van der Waals surface area contributed by atoms with Crippen LogP contribution in [-0.4, -0.2) is 74.8 Å². The number of nitrogens with zero attached hydrogens (tertiary/aromatic N) is 4. The Balaban J connectivity index is 2.89. The van der Waals surface area contributed by atoms with Gasteiger partial charge in [0.05, 0.1) is 18.9 Å². The first-order chi connectivity index (χ1) is 13.8. The van der Waals surface area contributed by atoms with Crippen molar-refractivity contribution in [2.45, 2.75) is 98.4 Å². The molecule has 29 heavy (non-hydrogen) atoms. The molecule has 1 heterocycles. The Morgan fingerprint density at radius 1 is 0.690 bits per heavy atom. The van der Waals surface area contributed by atoms with Crippen LogP contribution in [0.4, 0.5) is 0 Å². The molecule has 0 aromatic carbocycles. The highest BCUT2D eigenvalue weighted by molar-refractivity contribution is 7.82. The maximum atomic E-state index is 5.99. The predicted molar refractivity (Wildman–Crippen MR) is 135 cm³/mol. The average molecular weight is 443 g/mol. The van der Waals surface area contributed by atoms with E-state index in [0.29, 0.717) is 0 Å². The van der Waals surface area contributed by atoms with Crippen LogP contribution in [-0.2, 0) is 0 Å². The van der Waals surface area contributed by atoms with Gasteiger partial charge in [0.25, 0.3) is 0 Å². The summed E-state index contributed by atoms with van der Waals surface area (Å²) in [5, 5.41) is 0.913. The molecular weight excluding hydrogens is 396 g/mol. The predicted octanol–water partition coefficient (Wildman–Crippen LogP) is 5.71. The van der Waals surface area contributed by atoms with Crippen LogP contribution in [0.3, 0.4) is 0 Å². The third-order valence-electron chi connectivity index (χ3n) is 5.90. The fraction of sp³-hybridized carbons (Fsp3) is 0.913. The summed E-state index contributed by atoms with van der Waals surface area (Å²) in [7, 11) is 0. The fourth-order valence-electron chi connectivity index (χ4n) is 3.71. The van der Waals surface area contributed by atoms with E-state index in [0.717, 1.165) is 49.6 Å². The summed E-state index contributed by atoms with van der Waals surface area (Å²) in [5.74, 6) is 0. The molecule has 1 saturated heterocycles. The van der Waals surface area contributed by atoms with Gasteiger partial charge in [-0.1, -0.05) is 65.6 Å². The lowest BCUT2D eigenvalue weighted by atomic mass is 10.1. The standard InChI is InChI=1S/C23H46N4S2/c1-7-11-15-24(16-12-8-2)19-26-21(28)23(5,6)27(22(26)29)20-25(17-13-9-3)18-14-10-4/h7-20H2,1-6H3. The Morgan fingerprint density at radius 3 is 1.45 bits per heavy atom. The maximum absolute atomic E-state index is 5.99. The molecule has 1 aliphatic rings. The van der Waals surface area contributed by atoms with Crippen molar-refractivity contribution < 1.29 is 0 Å². The third kappa shape index (κ3) is 8.04. The molecule has 1 aliphatic heterocycles. The van der Waals surface area contributed by atoms with Crippen LogP contribution < -0.4 is 0 Å². The minimum Gasteiger partial charge on any atom is -0.324 e. The van der Waals surface area contributed by atoms with Crippen molar-refractivity contribution in [1.82, 2.24) is 19.6 Å². The summed E-state index contributed by atoms with van der Waals surface area (Å²) >= 11 is 11.9. The van der Waals surface area contributed by atoms with Gasteiger partial charge in [-0.25, -0.2) is 0 Å². The summed E-state index contributed by atoms with van der Waals surface area (Å²) < 4.78 is 0. The quantitative estimate of drug-likeness (QED) is 0.282. The number of thiocarbonyl (C=S) groups is 2. The second-order valence-electron chi connectivity index (χ2n) is 8.94. The minimum absolute atomic E-state index is 0.204. The Labute approximate surface area is 192 Å². The van der Waals surface area contributed by atoms with E-state index in [4.69, 9.17) is 24.4 Å². The van der Waals surface area contributed by atoms with Gasteiger partial charge in [0.1, 0.15) is 4.99 Å². The molecule has 0 aromatic rings. The van der Waals surface area contributed by atoms with E-state index in [1.807, 2.05) is 0 Å². The largest absolute Gasteiger partial charge is 0.324 e. The number of hydrogen-bond donors (Lipinski definition) is 0. The summed E-state index contributed by atoms with van der Waals surface area (Å²) in [6, 6.07) is 0. The lowest BCUT2D eigenvalue weighted by molar-refractivity contribution is 0.148. The molecular formula is C23H46N4S2. The van der Waals surface area contributed by atoms with Crippen LogP contribution in [0.2, 0.25) is 0 Å². The lowest BCUT2D eigenvalue weighted by Gasteiger charge is -2.36. The first-order valence-electron chi connectivity index (χ1n) is 11.9. The SMILES string of the molecule is CCCCN(CCCC)CN1C(=S)N(CN(CCCC)CCCC)C(C)(C)C1=S. The van der Waals surface area contributed by atoms with Crippen molar-refractivity contribution in [1.29, 1.82) is 0 Å². The van der Waals surface area contributed by atoms with E-state index in [1.165, 1.54) is 51.4 Å². The summed E-state index contributed by atoms with van der Waals surface area (Å²) in [6.45, 7) is 19.8. The second kappa shape index (κ2) is 13.9. The molecule has 0 bridgehead atoms. The Bertz CT molecular complexity index is 479. The van der Waals surface area contributed by atoms with Crippen molar-refractivity contribution in [2.75, 3.05) is 39.5 Å². The molecule has 0 atom stereocenters. The Hall–Kier alpha value is -0.300. The molecule has 1 fully saturated rings. The average Bonchev–Trinajstić information content (AvgIpc) is 2.85. The first-order valence-corrected chi connectivity index (χ1v) is 12.7. The van der Waals surface area contributed by atoms with Crippen LogP contribution in [0.1, 0.15) is 92.9 Å². The molecule has 0 aliphatic carbocycles. The van der Waals surface area contributed by atoms with Crippen molar-refractivity contribution in [3.8, 4) is 0 Å². The lowest BCUT2D eigenvalue weighted by Crippen LogP contribution is -2.49. The van der Waals surface area contributed by atoms with Crippen molar-refractivity contribution >= 4 is 34.5 Å². The van der Waals surface area contributed by atoms with E-state index >= 15 is 0 Å². The Morgan fingerprint density at radius 2 is 1.07 bits per heavy atom. The second-order valence-corrected chi connectivity index (χ2v) is 9.69. The molecule has 0 radical (unpaired) electrons. The number of rotatable bonds is 16. The zero-order valence-corrected chi connectivity index (χ0v) is 21.6. The highest BCUT2D eigenvalue weighted by Crippen LogP contribution is 2.30. The molecule has 6 heteroatoms. The van der Waals surface area contributed by atoms with Crippen molar-refractivity contribution in [3.63, 3.8) is 0 Å². The van der Waals surface area contributed by atoms with Crippen molar-refractivity contribution in [3.05, 3.63) is 0 Å². The van der Waals surface area contributed by atoms with Crippen LogP contribution in [0.25, 0.3) is 0 Å². The molecule has 0 spiro atoms. The van der Waals surface area contributed by atoms with Gasteiger partial charge in [-0.05, 0) is 77.9 Å². The zero-order valence-electron chi connectivity index (χ0n) is 20.0. The molecule has 4 nitrogen and oxygen atoms in total. The fourth-order valence-corrected chi connectivity index (χ4v) is 4.46. The van der Waals surface area contributed by atoms with Gasteiger partial charge in [0.15, 0.2) is 5.11 Å². The van der Waals surface area contributed by atoms with E-state index < -0.39 is 0 Å². The summed E-state index contributed by atoms with van der Waals surface area (Å²) in [5.41, 5.74) is -0.204. The van der Waals surface area contributed by atoms with Gasteiger partial charge in [0.2, 0.25) is 0 Å². The van der Waals surface area contributed by atoms with Crippen LogP contribution in [0.15, 0.2) is 0 Å². The van der Waals surface area contributed by atoms with Crippen LogP contribution in [0.5, 0.6) is 0 Å². The van der Waals surface area contributed by atoms with Gasteiger partial charge in [-0.2, -0.15) is 0 Å². The number of unbranched alkanes of at least 4 members (excludes halogenated alkanes) is 4. The molecule has 0 unspecified atom stereocenters. The van der Waals surface area contributed by atoms with Crippen LogP contribution >= 0.6 is 24.4 Å². The number of hydrogen-bond acceptors (Lipinski definition) is 4. The summed E-state index contributed by atoms with van der Waals surface area (Å²) in [6.07, 6.45) is 9.83. The van der Waals surface area contributed by atoms with E-state index in [2.05, 4.69) is 61.1 Å². The molecule has 1 rings (SSSR count). The third-order valence-corrected chi connectivity index (χ3v) is 7.06. The van der Waals surface area contributed by atoms with Gasteiger partial charge < -0.3 is 4.90 Å². The van der Waals surface area contributed by atoms with Gasteiger partial charge in [-0.3, -0.25) is 14.7 Å². The van der Waals surface area contributed by atoms with Gasteiger partial charge in [0, 0.05) is 0 Å². The van der Waals surface area contributed by atoms with E-state index in [-0.39, 0.29) is 5.54 Å². The normalized spacial score (nSPS) is 16.7. The highest BCUT2D eigenvalue weighted by Gasteiger charge is 2.46. The Kier molecular flexibility index (Phi) is 12.8. The molecule has 0 N–H and O–H groups in total.